The van der Waals surface area contributed by atoms with Gasteiger partial charge in [0, 0.05) is 18.2 Å². The van der Waals surface area contributed by atoms with Crippen LogP contribution in [0.2, 0.25) is 5.15 Å². The molecular weight excluding hydrogens is 252 g/mol. The van der Waals surface area contributed by atoms with E-state index in [9.17, 15) is 4.79 Å². The van der Waals surface area contributed by atoms with E-state index in [4.69, 9.17) is 11.6 Å². The van der Waals surface area contributed by atoms with Gasteiger partial charge in [0.05, 0.1) is 6.54 Å². The van der Waals surface area contributed by atoms with E-state index in [1.54, 1.807) is 0 Å². The average molecular weight is 271 g/mol. The molecule has 5 nitrogen and oxygen atoms in total. The minimum Gasteiger partial charge on any atom is -0.352 e. The van der Waals surface area contributed by atoms with Gasteiger partial charge in [-0.1, -0.05) is 11.6 Å². The molecular formula is C12H19ClN4O. The Labute approximate surface area is 113 Å². The van der Waals surface area contributed by atoms with Gasteiger partial charge in [-0.25, -0.2) is 9.97 Å². The van der Waals surface area contributed by atoms with Crippen LogP contribution in [0.4, 0.5) is 5.82 Å². The maximum absolute atomic E-state index is 11.8. The summed E-state index contributed by atoms with van der Waals surface area (Å²) in [4.78, 5) is 21.7. The van der Waals surface area contributed by atoms with E-state index in [0.717, 1.165) is 5.56 Å². The van der Waals surface area contributed by atoms with Crippen molar-refractivity contribution in [3.63, 3.8) is 0 Å². The van der Waals surface area contributed by atoms with Crippen LogP contribution in [0.3, 0.4) is 0 Å². The van der Waals surface area contributed by atoms with Gasteiger partial charge >= 0.3 is 0 Å². The zero-order valence-electron chi connectivity index (χ0n) is 11.2. The minimum absolute atomic E-state index is 0.0269. The third-order valence-electron chi connectivity index (χ3n) is 2.46. The Kier molecular flexibility index (Phi) is 5.34. The van der Waals surface area contributed by atoms with Crippen LogP contribution in [0.5, 0.6) is 0 Å². The molecule has 1 N–H and O–H groups in total. The second-order valence-electron chi connectivity index (χ2n) is 4.35. The number of hydrogen-bond donors (Lipinski definition) is 1. The molecule has 0 radical (unpaired) electrons. The maximum Gasteiger partial charge on any atom is 0.239 e. The second kappa shape index (κ2) is 6.54. The van der Waals surface area contributed by atoms with Crippen LogP contribution in [0.1, 0.15) is 26.3 Å². The zero-order chi connectivity index (χ0) is 13.7. The summed E-state index contributed by atoms with van der Waals surface area (Å²) in [6.07, 6.45) is 1.41. The predicted octanol–water partition coefficient (Wildman–Crippen LogP) is 1.79. The van der Waals surface area contributed by atoms with Gasteiger partial charge in [0.1, 0.15) is 17.3 Å². The van der Waals surface area contributed by atoms with Crippen molar-refractivity contribution in [2.75, 3.05) is 18.0 Å². The monoisotopic (exact) mass is 270 g/mol. The molecule has 1 rings (SSSR count). The molecule has 1 aromatic heterocycles. The summed E-state index contributed by atoms with van der Waals surface area (Å²) in [6, 6.07) is 0.131. The Hall–Kier alpha value is -1.36. The van der Waals surface area contributed by atoms with Crippen LogP contribution < -0.4 is 10.2 Å². The molecule has 1 heterocycles. The van der Waals surface area contributed by atoms with Crippen molar-refractivity contribution in [2.45, 2.75) is 33.7 Å². The van der Waals surface area contributed by atoms with Gasteiger partial charge in [0.25, 0.3) is 0 Å². The topological polar surface area (TPSA) is 58.1 Å². The van der Waals surface area contributed by atoms with Crippen LogP contribution >= 0.6 is 11.6 Å². The van der Waals surface area contributed by atoms with Gasteiger partial charge in [-0.15, -0.1) is 0 Å². The first-order valence-corrected chi connectivity index (χ1v) is 6.34. The Bertz CT molecular complexity index is 423. The molecule has 0 aliphatic rings. The minimum atomic E-state index is -0.0269. The quantitative estimate of drug-likeness (QED) is 0.829. The number of aromatic nitrogens is 2. The summed E-state index contributed by atoms with van der Waals surface area (Å²) >= 11 is 5.96. The van der Waals surface area contributed by atoms with Crippen molar-refractivity contribution in [2.24, 2.45) is 0 Å². The first kappa shape index (κ1) is 14.7. The smallest absolute Gasteiger partial charge is 0.239 e. The standard InChI is InChI=1S/C12H19ClN4O/c1-5-17(6-10(18)16-8(2)3)12-9(4)11(13)14-7-15-12/h7-8H,5-6H2,1-4H3,(H,16,18). The van der Waals surface area contributed by atoms with Crippen LogP contribution in [0.25, 0.3) is 0 Å². The number of carbonyl (C=O) groups is 1. The fourth-order valence-electron chi connectivity index (χ4n) is 1.62. The van der Waals surface area contributed by atoms with Gasteiger partial charge in [0.15, 0.2) is 0 Å². The highest BCUT2D eigenvalue weighted by Gasteiger charge is 2.15. The molecule has 0 spiro atoms. The molecule has 0 aromatic carbocycles. The van der Waals surface area contributed by atoms with E-state index in [0.29, 0.717) is 17.5 Å². The fourth-order valence-corrected chi connectivity index (χ4v) is 1.74. The zero-order valence-corrected chi connectivity index (χ0v) is 12.0. The van der Waals surface area contributed by atoms with Crippen molar-refractivity contribution < 1.29 is 4.79 Å². The number of carbonyl (C=O) groups excluding carboxylic acids is 1. The second-order valence-corrected chi connectivity index (χ2v) is 4.71. The lowest BCUT2D eigenvalue weighted by Gasteiger charge is -2.23. The third-order valence-corrected chi connectivity index (χ3v) is 2.84. The molecule has 0 atom stereocenters. The van der Waals surface area contributed by atoms with E-state index in [-0.39, 0.29) is 18.5 Å². The average Bonchev–Trinajstić information content (AvgIpc) is 2.29. The van der Waals surface area contributed by atoms with Gasteiger partial charge in [-0.2, -0.15) is 0 Å². The first-order valence-electron chi connectivity index (χ1n) is 5.97. The summed E-state index contributed by atoms with van der Waals surface area (Å²) < 4.78 is 0. The van der Waals surface area contributed by atoms with Gasteiger partial charge in [-0.3, -0.25) is 4.79 Å². The lowest BCUT2D eigenvalue weighted by molar-refractivity contribution is -0.120. The van der Waals surface area contributed by atoms with E-state index >= 15 is 0 Å². The summed E-state index contributed by atoms with van der Waals surface area (Å²) in [5.41, 5.74) is 0.790. The Balaban J connectivity index is 2.83. The van der Waals surface area contributed by atoms with Gasteiger partial charge in [-0.05, 0) is 27.7 Å². The molecule has 0 saturated heterocycles. The Morgan fingerprint density at radius 3 is 2.72 bits per heavy atom. The molecule has 0 unspecified atom stereocenters. The van der Waals surface area contributed by atoms with E-state index < -0.39 is 0 Å². The number of likely N-dealkylation sites (N-methyl/N-ethyl adjacent to an activating group) is 1. The lowest BCUT2D eigenvalue weighted by atomic mass is 10.3. The highest BCUT2D eigenvalue weighted by atomic mass is 35.5. The third kappa shape index (κ3) is 3.84. The SMILES string of the molecule is CCN(CC(=O)NC(C)C)c1ncnc(Cl)c1C. The van der Waals surface area contributed by atoms with Crippen LogP contribution in [-0.2, 0) is 4.79 Å². The first-order chi connectivity index (χ1) is 8.45. The number of nitrogens with zero attached hydrogens (tertiary/aromatic N) is 3. The number of halogens is 1. The van der Waals surface area contributed by atoms with Crippen LogP contribution in [0, 0.1) is 6.92 Å². The summed E-state index contributed by atoms with van der Waals surface area (Å²) in [5, 5.41) is 3.27. The normalized spacial score (nSPS) is 10.6. The molecule has 0 aliphatic carbocycles. The molecule has 18 heavy (non-hydrogen) atoms. The number of anilines is 1. The molecule has 0 aliphatic heterocycles. The highest BCUT2D eigenvalue weighted by molar-refractivity contribution is 6.30. The largest absolute Gasteiger partial charge is 0.352 e. The fraction of sp³-hybridized carbons (Fsp3) is 0.583. The lowest BCUT2D eigenvalue weighted by Crippen LogP contribution is -2.40. The Morgan fingerprint density at radius 1 is 1.50 bits per heavy atom. The molecule has 0 bridgehead atoms. The summed E-state index contributed by atoms with van der Waals surface area (Å²) in [7, 11) is 0. The molecule has 6 heteroatoms. The Morgan fingerprint density at radius 2 is 2.17 bits per heavy atom. The van der Waals surface area contributed by atoms with Gasteiger partial charge < -0.3 is 10.2 Å². The van der Waals surface area contributed by atoms with Crippen LogP contribution in [-0.4, -0.2) is 35.0 Å². The van der Waals surface area contributed by atoms with E-state index in [2.05, 4.69) is 15.3 Å². The van der Waals surface area contributed by atoms with Gasteiger partial charge in [0.2, 0.25) is 5.91 Å². The summed E-state index contributed by atoms with van der Waals surface area (Å²) in [5.74, 6) is 0.678. The molecule has 0 fully saturated rings. The molecule has 0 saturated carbocycles. The number of amides is 1. The number of rotatable bonds is 5. The van der Waals surface area contributed by atoms with Crippen molar-refractivity contribution in [1.29, 1.82) is 0 Å². The van der Waals surface area contributed by atoms with E-state index in [1.165, 1.54) is 6.33 Å². The summed E-state index contributed by atoms with van der Waals surface area (Å²) in [6.45, 7) is 8.63. The van der Waals surface area contributed by atoms with Crippen molar-refractivity contribution >= 4 is 23.3 Å². The molecule has 100 valence electrons. The highest BCUT2D eigenvalue weighted by Crippen LogP contribution is 2.21. The maximum atomic E-state index is 11.8. The predicted molar refractivity (Wildman–Crippen MR) is 72.9 cm³/mol. The van der Waals surface area contributed by atoms with Crippen LogP contribution in [0.15, 0.2) is 6.33 Å². The molecule has 1 aromatic rings. The molecule has 1 amide bonds. The van der Waals surface area contributed by atoms with Crippen molar-refractivity contribution in [3.05, 3.63) is 17.0 Å². The van der Waals surface area contributed by atoms with E-state index in [1.807, 2.05) is 32.6 Å². The number of nitrogens with one attached hydrogen (secondary N) is 1. The van der Waals surface area contributed by atoms with Crippen molar-refractivity contribution in [3.8, 4) is 0 Å². The van der Waals surface area contributed by atoms with Crippen molar-refractivity contribution in [1.82, 2.24) is 15.3 Å². The number of hydrogen-bond acceptors (Lipinski definition) is 4.